The molecule has 2 aromatic rings. The summed E-state index contributed by atoms with van der Waals surface area (Å²) in [5, 5.41) is 0.505. The lowest BCUT2D eigenvalue weighted by molar-refractivity contribution is -0.0925. The van der Waals surface area contributed by atoms with Crippen LogP contribution in [0.4, 0.5) is 9.59 Å². The molecule has 8 saturated heterocycles. The molecule has 15 nitrogen and oxygen atoms in total. The van der Waals surface area contributed by atoms with Crippen LogP contribution in [0.2, 0.25) is 5.02 Å². The average Bonchev–Trinajstić information content (AvgIpc) is 3.92. The zero-order valence-corrected chi connectivity index (χ0v) is 43.2. The van der Waals surface area contributed by atoms with Gasteiger partial charge in [-0.05, 0) is 184 Å². The molecule has 18 heteroatoms. The Bertz CT molecular complexity index is 2280. The Balaban J connectivity index is 0.000000186. The summed E-state index contributed by atoms with van der Waals surface area (Å²) in [7, 11) is -5.85. The third-order valence-corrected chi connectivity index (χ3v) is 21.1. The second kappa shape index (κ2) is 22.9. The van der Waals surface area contributed by atoms with Gasteiger partial charge < -0.3 is 33.8 Å². The summed E-state index contributed by atoms with van der Waals surface area (Å²) in [5.74, 6) is 0.623. The van der Waals surface area contributed by atoms with Gasteiger partial charge in [0.2, 0.25) is 20.0 Å². The molecular formula is C52H79ClN6O9S2. The highest BCUT2D eigenvalue weighted by Crippen LogP contribution is 2.45. The van der Waals surface area contributed by atoms with Crippen LogP contribution in [0, 0.1) is 0 Å². The molecule has 70 heavy (non-hydrogen) atoms. The molecule has 8 aliphatic rings. The molecule has 0 saturated carbocycles. The van der Waals surface area contributed by atoms with Crippen molar-refractivity contribution in [1.29, 1.82) is 0 Å². The number of amides is 2. The number of ether oxygens (including phenoxy) is 3. The smallest absolute Gasteiger partial charge is 0.410 e. The Morgan fingerprint density at radius 3 is 1.63 bits per heavy atom. The fourth-order valence-corrected chi connectivity index (χ4v) is 17.1. The number of nitrogens with zero attached hydrogens (tertiary/aromatic N) is 6. The molecule has 4 bridgehead atoms. The van der Waals surface area contributed by atoms with Crippen molar-refractivity contribution in [3.05, 3.63) is 53.6 Å². The van der Waals surface area contributed by atoms with Crippen LogP contribution in [0.3, 0.4) is 0 Å². The lowest BCUT2D eigenvalue weighted by atomic mass is 9.77. The van der Waals surface area contributed by atoms with Crippen LogP contribution in [-0.2, 0) is 29.5 Å². The topological polar surface area (TPSA) is 150 Å². The molecule has 0 aliphatic carbocycles. The summed E-state index contributed by atoms with van der Waals surface area (Å²) in [6.07, 6.45) is 17.3. The predicted octanol–water partition coefficient (Wildman–Crippen LogP) is 8.99. The number of piperidine rings is 7. The molecule has 10 rings (SSSR count). The Hall–Kier alpha value is -3.19. The molecule has 6 atom stereocenters. The first-order valence-corrected chi connectivity index (χ1v) is 29.4. The summed E-state index contributed by atoms with van der Waals surface area (Å²) in [6, 6.07) is 13.3. The fraction of sp³-hybridized carbons (Fsp3) is 0.731. The van der Waals surface area contributed by atoms with E-state index < -0.39 is 31.8 Å². The second-order valence-electron chi connectivity index (χ2n) is 21.0. The maximum Gasteiger partial charge on any atom is 0.410 e. The number of carbonyl (C=O) groups excluding carboxylic acids is 2. The van der Waals surface area contributed by atoms with E-state index in [1.54, 1.807) is 64.3 Å². The van der Waals surface area contributed by atoms with Gasteiger partial charge in [-0.2, -0.15) is 8.61 Å². The number of rotatable bonds is 9. The average molecular weight is 1030 g/mol. The number of carbonyl (C=O) groups is 2. The third-order valence-electron chi connectivity index (χ3n) is 16.9. The van der Waals surface area contributed by atoms with Gasteiger partial charge in [0.05, 0.1) is 29.0 Å². The summed E-state index contributed by atoms with van der Waals surface area (Å²) in [4.78, 5) is 35.7. The number of hydrogen-bond acceptors (Lipinski definition) is 11. The number of hydrogen-bond donors (Lipinski definition) is 0. The summed E-state index contributed by atoms with van der Waals surface area (Å²) >= 11 is 6.00. The van der Waals surface area contributed by atoms with E-state index in [1.807, 2.05) is 16.7 Å². The van der Waals surface area contributed by atoms with Crippen LogP contribution in [-0.4, -0.2) is 165 Å². The van der Waals surface area contributed by atoms with Crippen molar-refractivity contribution in [3.8, 4) is 5.75 Å². The van der Waals surface area contributed by atoms with Crippen molar-refractivity contribution in [2.45, 2.75) is 194 Å². The first kappa shape index (κ1) is 53.1. The zero-order chi connectivity index (χ0) is 48.3. The molecule has 8 heterocycles. The first-order chi connectivity index (χ1) is 33.2. The fourth-order valence-electron chi connectivity index (χ4n) is 13.1. The number of sulfonamides is 2. The van der Waals surface area contributed by atoms with Crippen LogP contribution in [0.5, 0.6) is 5.75 Å². The van der Waals surface area contributed by atoms with Gasteiger partial charge >= 0.3 is 12.2 Å². The number of methoxy groups -OCH3 is 1. The van der Waals surface area contributed by atoms with E-state index in [4.69, 9.17) is 25.8 Å². The Morgan fingerprint density at radius 2 is 1.06 bits per heavy atom. The summed E-state index contributed by atoms with van der Waals surface area (Å²) in [6.45, 7) is 9.48. The lowest BCUT2D eigenvalue weighted by Crippen LogP contribution is -2.64. The Labute approximate surface area is 423 Å². The van der Waals surface area contributed by atoms with Crippen molar-refractivity contribution in [3.63, 3.8) is 0 Å². The SMILES string of the molecule is C.COc1ccc(S(=O)(=O)N2C3CCCC2[C@@H](OC(=O)N2CCC(N4CCCC4)CC2)CC3)cc1.C[C@@]1(OC(=O)N2CCC(N3CCCCC3)CC2)CCC2CCCC1N2S(=O)(=O)c1ccc(Cl)cc1. The number of halogens is 1. The van der Waals surface area contributed by atoms with Gasteiger partial charge in [-0.3, -0.25) is 0 Å². The highest BCUT2D eigenvalue weighted by Gasteiger charge is 2.54. The van der Waals surface area contributed by atoms with Gasteiger partial charge in [-0.1, -0.05) is 38.3 Å². The molecule has 390 valence electrons. The van der Waals surface area contributed by atoms with Crippen LogP contribution in [0.25, 0.3) is 0 Å². The van der Waals surface area contributed by atoms with E-state index in [2.05, 4.69) is 9.80 Å². The largest absolute Gasteiger partial charge is 0.497 e. The molecule has 4 unspecified atom stereocenters. The molecule has 0 radical (unpaired) electrons. The van der Waals surface area contributed by atoms with E-state index >= 15 is 0 Å². The lowest BCUT2D eigenvalue weighted by Gasteiger charge is -2.53. The minimum atomic E-state index is -3.73. The molecular weight excluding hydrogens is 952 g/mol. The molecule has 2 aromatic carbocycles. The summed E-state index contributed by atoms with van der Waals surface area (Å²) in [5.41, 5.74) is -0.836. The molecule has 2 amide bonds. The van der Waals surface area contributed by atoms with Crippen molar-refractivity contribution >= 4 is 43.8 Å². The van der Waals surface area contributed by atoms with Gasteiger partial charge in [0, 0.05) is 55.4 Å². The molecule has 8 fully saturated rings. The van der Waals surface area contributed by atoms with E-state index in [0.29, 0.717) is 68.3 Å². The van der Waals surface area contributed by atoms with E-state index in [1.165, 1.54) is 58.3 Å². The van der Waals surface area contributed by atoms with Gasteiger partial charge in [-0.15, -0.1) is 0 Å². The Kier molecular flexibility index (Phi) is 17.4. The van der Waals surface area contributed by atoms with Crippen LogP contribution >= 0.6 is 11.6 Å². The first-order valence-electron chi connectivity index (χ1n) is 26.1. The highest BCUT2D eigenvalue weighted by molar-refractivity contribution is 7.89. The molecule has 0 N–H and O–H groups in total. The van der Waals surface area contributed by atoms with Crippen molar-refractivity contribution in [2.24, 2.45) is 0 Å². The molecule has 0 spiro atoms. The predicted molar refractivity (Wildman–Crippen MR) is 271 cm³/mol. The maximum atomic E-state index is 13.7. The zero-order valence-electron chi connectivity index (χ0n) is 40.8. The van der Waals surface area contributed by atoms with E-state index in [-0.39, 0.29) is 53.6 Å². The number of benzene rings is 2. The minimum absolute atomic E-state index is 0. The van der Waals surface area contributed by atoms with Crippen molar-refractivity contribution < 1.29 is 40.6 Å². The second-order valence-corrected chi connectivity index (χ2v) is 25.2. The van der Waals surface area contributed by atoms with Crippen LogP contribution in [0.1, 0.15) is 136 Å². The number of likely N-dealkylation sites (tertiary alicyclic amines) is 4. The standard InChI is InChI=1S/C26H38ClN3O4S.C25H37N3O5S.CH4/c1-26(34-25(31)29-18-13-21(14-19-29)28-16-3-2-4-17-28)15-12-22-6-5-7-24(26)30(22)35(32,33)23-10-8-20(27)9-11-23;1-32-21-8-10-22(11-9-21)34(30,31)28-20-5-4-6-23(28)24(12-7-20)33-25(29)27-17-13-19(14-18-27)26-15-2-3-16-26;/h8-11,21-22,24H,2-7,12-19H2,1H3;8-11,19-20,23-24H,2-7,12-18H2,1H3;1H4/t22?,24?,26-;20?,23?,24-;/m10./s1. The number of fused-ring (bicyclic) bond motifs is 4. The normalized spacial score (nSPS) is 29.8. The molecule has 8 aliphatic heterocycles. The highest BCUT2D eigenvalue weighted by atomic mass is 35.5. The molecule has 0 aromatic heterocycles. The van der Waals surface area contributed by atoms with Gasteiger partial charge in [-0.25, -0.2) is 26.4 Å². The van der Waals surface area contributed by atoms with Crippen LogP contribution < -0.4 is 4.74 Å². The van der Waals surface area contributed by atoms with Crippen molar-refractivity contribution in [2.75, 3.05) is 59.5 Å². The van der Waals surface area contributed by atoms with E-state index in [0.717, 1.165) is 70.6 Å². The van der Waals surface area contributed by atoms with Crippen LogP contribution in [0.15, 0.2) is 58.3 Å². The van der Waals surface area contributed by atoms with Gasteiger partial charge in [0.1, 0.15) is 17.5 Å². The maximum absolute atomic E-state index is 13.7. The van der Waals surface area contributed by atoms with E-state index in [9.17, 15) is 26.4 Å². The monoisotopic (exact) mass is 1030 g/mol. The Morgan fingerprint density at radius 1 is 0.557 bits per heavy atom. The van der Waals surface area contributed by atoms with Gasteiger partial charge in [0.25, 0.3) is 0 Å². The van der Waals surface area contributed by atoms with Gasteiger partial charge in [0.15, 0.2) is 0 Å². The quantitative estimate of drug-likeness (QED) is 0.237. The minimum Gasteiger partial charge on any atom is -0.497 e. The van der Waals surface area contributed by atoms with Crippen molar-refractivity contribution in [1.82, 2.24) is 28.2 Å². The summed E-state index contributed by atoms with van der Waals surface area (Å²) < 4.78 is 75.4. The third kappa shape index (κ3) is 11.5.